The van der Waals surface area contributed by atoms with E-state index in [0.717, 1.165) is 70.6 Å². The first kappa shape index (κ1) is 54.2. The number of aliphatic hydroxyl groups is 2. The van der Waals surface area contributed by atoms with Gasteiger partial charge >= 0.3 is 19.8 Å². The highest BCUT2D eigenvalue weighted by atomic mass is 31.2. The summed E-state index contributed by atoms with van der Waals surface area (Å²) in [6, 6.07) is 0. The summed E-state index contributed by atoms with van der Waals surface area (Å²) in [4.78, 5) is 35.0. The summed E-state index contributed by atoms with van der Waals surface area (Å²) in [6.07, 6.45) is 42.5. The molecule has 3 N–H and O–H groups in total. The Kier molecular flexibility index (Phi) is 40.0. The van der Waals surface area contributed by atoms with Crippen LogP contribution in [0.3, 0.4) is 0 Å². The van der Waals surface area contributed by atoms with Crippen LogP contribution in [-0.4, -0.2) is 65.7 Å². The number of ether oxygens (including phenoxy) is 2. The van der Waals surface area contributed by atoms with Gasteiger partial charge < -0.3 is 24.6 Å². The molecule has 3 unspecified atom stereocenters. The molecule has 0 spiro atoms. The van der Waals surface area contributed by atoms with E-state index in [1.165, 1.54) is 89.9 Å². The molecule has 0 amide bonds. The normalized spacial score (nSPS) is 14.2. The molecule has 0 aromatic carbocycles. The van der Waals surface area contributed by atoms with Crippen LogP contribution >= 0.6 is 7.82 Å². The number of phosphoric ester groups is 1. The second-order valence-electron chi connectivity index (χ2n) is 15.1. The molecule has 0 aliphatic carbocycles. The zero-order chi connectivity index (χ0) is 41.2. The molecule has 0 aliphatic rings. The maximum atomic E-state index is 12.6. The zero-order valence-electron chi connectivity index (χ0n) is 35.6. The van der Waals surface area contributed by atoms with Gasteiger partial charge in [0, 0.05) is 12.8 Å². The number of hydrogen-bond acceptors (Lipinski definition) is 9. The first-order valence-electron chi connectivity index (χ1n) is 22.4. The van der Waals surface area contributed by atoms with Gasteiger partial charge in [0.15, 0.2) is 6.10 Å². The van der Waals surface area contributed by atoms with Crippen LogP contribution in [-0.2, 0) is 32.7 Å². The summed E-state index contributed by atoms with van der Waals surface area (Å²) >= 11 is 0. The first-order valence-corrected chi connectivity index (χ1v) is 23.9. The Labute approximate surface area is 341 Å². The Morgan fingerprint density at radius 2 is 0.982 bits per heavy atom. The van der Waals surface area contributed by atoms with Crippen molar-refractivity contribution in [2.45, 2.75) is 212 Å². The van der Waals surface area contributed by atoms with E-state index in [1.807, 2.05) is 0 Å². The smallest absolute Gasteiger partial charge is 0.462 e. The standard InChI is InChI=1S/C45H83O10P/c1-3-5-7-9-11-13-15-17-19-20-21-23-24-26-28-30-32-34-36-44(48)52-40-43(41-54-56(50,51)53-39-42(47)38-46)55-45(49)37-35-33-31-29-27-25-22-18-16-14-12-10-8-6-4-2/h6,8,12,14,18,22,42-43,46-47H,3-5,7,9-11,13,15-17,19-21,23-41H2,1-2H3,(H,50,51)/b8-6-,14-12-,22-18-. The van der Waals surface area contributed by atoms with Crippen molar-refractivity contribution in [3.63, 3.8) is 0 Å². The Balaban J connectivity index is 4.26. The topological polar surface area (TPSA) is 149 Å². The minimum absolute atomic E-state index is 0.166. The zero-order valence-corrected chi connectivity index (χ0v) is 36.5. The maximum Gasteiger partial charge on any atom is 0.472 e. The molecule has 328 valence electrons. The van der Waals surface area contributed by atoms with Crippen molar-refractivity contribution >= 4 is 19.8 Å². The van der Waals surface area contributed by atoms with Crippen molar-refractivity contribution in [2.24, 2.45) is 0 Å². The van der Waals surface area contributed by atoms with Gasteiger partial charge in [-0.05, 0) is 44.9 Å². The van der Waals surface area contributed by atoms with Gasteiger partial charge in [-0.1, -0.05) is 179 Å². The summed E-state index contributed by atoms with van der Waals surface area (Å²) in [6.45, 7) is 2.27. The highest BCUT2D eigenvalue weighted by Gasteiger charge is 2.27. The number of carbonyl (C=O) groups excluding carboxylic acids is 2. The molecular weight excluding hydrogens is 731 g/mol. The molecule has 0 saturated carbocycles. The van der Waals surface area contributed by atoms with Crippen LogP contribution in [0.4, 0.5) is 0 Å². The molecule has 10 nitrogen and oxygen atoms in total. The monoisotopic (exact) mass is 815 g/mol. The number of carbonyl (C=O) groups is 2. The predicted molar refractivity (Wildman–Crippen MR) is 228 cm³/mol. The summed E-state index contributed by atoms with van der Waals surface area (Å²) in [5.74, 6) is -0.938. The van der Waals surface area contributed by atoms with Crippen LogP contribution < -0.4 is 0 Å². The number of phosphoric acid groups is 1. The van der Waals surface area contributed by atoms with Gasteiger partial charge in [-0.25, -0.2) is 4.57 Å². The number of allylic oxidation sites excluding steroid dienone is 6. The first-order chi connectivity index (χ1) is 27.2. The van der Waals surface area contributed by atoms with E-state index in [4.69, 9.17) is 23.6 Å². The summed E-state index contributed by atoms with van der Waals surface area (Å²) in [7, 11) is -4.62. The molecule has 0 radical (unpaired) electrons. The third-order valence-corrected chi connectivity index (χ3v) is 10.5. The van der Waals surface area contributed by atoms with Crippen molar-refractivity contribution in [1.82, 2.24) is 0 Å². The second-order valence-corrected chi connectivity index (χ2v) is 16.5. The van der Waals surface area contributed by atoms with E-state index in [9.17, 15) is 24.2 Å². The van der Waals surface area contributed by atoms with Crippen LogP contribution in [0.15, 0.2) is 36.5 Å². The van der Waals surface area contributed by atoms with Gasteiger partial charge in [0.25, 0.3) is 0 Å². The summed E-state index contributed by atoms with van der Waals surface area (Å²) in [5, 5.41) is 18.3. The third-order valence-electron chi connectivity index (χ3n) is 9.56. The number of rotatable bonds is 42. The van der Waals surface area contributed by atoms with Gasteiger partial charge in [0.2, 0.25) is 0 Å². The van der Waals surface area contributed by atoms with Crippen LogP contribution in [0.1, 0.15) is 200 Å². The van der Waals surface area contributed by atoms with E-state index in [1.54, 1.807) is 0 Å². The lowest BCUT2D eigenvalue weighted by Crippen LogP contribution is -2.29. The fourth-order valence-electron chi connectivity index (χ4n) is 6.13. The van der Waals surface area contributed by atoms with E-state index in [2.05, 4.69) is 50.3 Å². The molecular formula is C45H83O10P. The maximum absolute atomic E-state index is 12.6. The van der Waals surface area contributed by atoms with Gasteiger partial charge in [-0.3, -0.25) is 18.6 Å². The van der Waals surface area contributed by atoms with Crippen LogP contribution in [0.2, 0.25) is 0 Å². The fourth-order valence-corrected chi connectivity index (χ4v) is 6.92. The van der Waals surface area contributed by atoms with Crippen LogP contribution in [0, 0.1) is 0 Å². The van der Waals surface area contributed by atoms with Crippen molar-refractivity contribution in [2.75, 3.05) is 26.4 Å². The van der Waals surface area contributed by atoms with E-state index in [0.29, 0.717) is 12.8 Å². The van der Waals surface area contributed by atoms with Gasteiger partial charge in [0.05, 0.1) is 19.8 Å². The molecule has 56 heavy (non-hydrogen) atoms. The lowest BCUT2D eigenvalue weighted by Gasteiger charge is -2.20. The van der Waals surface area contributed by atoms with E-state index in [-0.39, 0.29) is 19.4 Å². The highest BCUT2D eigenvalue weighted by molar-refractivity contribution is 7.47. The minimum atomic E-state index is -4.62. The summed E-state index contributed by atoms with van der Waals surface area (Å²) in [5.41, 5.74) is 0. The van der Waals surface area contributed by atoms with Crippen LogP contribution in [0.25, 0.3) is 0 Å². The average Bonchev–Trinajstić information content (AvgIpc) is 3.19. The quantitative estimate of drug-likeness (QED) is 0.0235. The molecule has 0 rings (SSSR count). The molecule has 0 aromatic heterocycles. The lowest BCUT2D eigenvalue weighted by atomic mass is 10.0. The molecule has 0 aliphatic heterocycles. The number of aliphatic hydroxyl groups excluding tert-OH is 2. The van der Waals surface area contributed by atoms with Gasteiger partial charge in [0.1, 0.15) is 12.7 Å². The van der Waals surface area contributed by atoms with E-state index >= 15 is 0 Å². The van der Waals surface area contributed by atoms with Crippen molar-refractivity contribution in [3.05, 3.63) is 36.5 Å². The molecule has 0 aromatic rings. The molecule has 0 heterocycles. The molecule has 0 bridgehead atoms. The van der Waals surface area contributed by atoms with Gasteiger partial charge in [-0.15, -0.1) is 0 Å². The summed E-state index contributed by atoms with van der Waals surface area (Å²) < 4.78 is 32.7. The average molecular weight is 815 g/mol. The minimum Gasteiger partial charge on any atom is -0.462 e. The van der Waals surface area contributed by atoms with Gasteiger partial charge in [-0.2, -0.15) is 0 Å². The fraction of sp³-hybridized carbons (Fsp3) is 0.822. The Bertz CT molecular complexity index is 1030. The largest absolute Gasteiger partial charge is 0.472 e. The Hall–Kier alpha value is -1.81. The molecule has 0 fully saturated rings. The number of hydrogen-bond donors (Lipinski definition) is 3. The van der Waals surface area contributed by atoms with Crippen molar-refractivity contribution < 1.29 is 47.8 Å². The number of unbranched alkanes of at least 4 members (excludes halogenated alkanes) is 22. The predicted octanol–water partition coefficient (Wildman–Crippen LogP) is 11.9. The molecule has 0 saturated heterocycles. The van der Waals surface area contributed by atoms with Crippen LogP contribution in [0.5, 0.6) is 0 Å². The van der Waals surface area contributed by atoms with Crippen molar-refractivity contribution in [3.8, 4) is 0 Å². The Morgan fingerprint density at radius 1 is 0.554 bits per heavy atom. The lowest BCUT2D eigenvalue weighted by molar-refractivity contribution is -0.161. The highest BCUT2D eigenvalue weighted by Crippen LogP contribution is 2.43. The van der Waals surface area contributed by atoms with E-state index < -0.39 is 51.8 Å². The Morgan fingerprint density at radius 3 is 1.48 bits per heavy atom. The third kappa shape index (κ3) is 40.4. The molecule has 11 heteroatoms. The SMILES string of the molecule is CC/C=C\C/C=C\C/C=C\CCCCCCCC(=O)OC(COC(=O)CCCCCCCCCCCCCCCCCCCC)COP(=O)(O)OCC(O)CO. The van der Waals surface area contributed by atoms with Crippen molar-refractivity contribution in [1.29, 1.82) is 0 Å². The second kappa shape index (κ2) is 41.4. The molecule has 3 atom stereocenters. The number of esters is 2.